The van der Waals surface area contributed by atoms with Crippen LogP contribution in [0.15, 0.2) is 18.2 Å². The molecule has 1 saturated heterocycles. The Morgan fingerprint density at radius 3 is 2.68 bits per heavy atom. The van der Waals surface area contributed by atoms with Gasteiger partial charge in [0.15, 0.2) is 0 Å². The second-order valence-corrected chi connectivity index (χ2v) is 6.23. The molecular formula is C18H27NO3. The van der Waals surface area contributed by atoms with E-state index in [1.165, 1.54) is 11.1 Å². The van der Waals surface area contributed by atoms with Gasteiger partial charge in [-0.2, -0.15) is 0 Å². The average molecular weight is 305 g/mol. The van der Waals surface area contributed by atoms with Crippen molar-refractivity contribution in [1.29, 1.82) is 0 Å². The van der Waals surface area contributed by atoms with Crippen molar-refractivity contribution < 1.29 is 14.3 Å². The van der Waals surface area contributed by atoms with Crippen molar-refractivity contribution >= 4 is 5.91 Å². The van der Waals surface area contributed by atoms with Crippen LogP contribution in [0.3, 0.4) is 0 Å². The van der Waals surface area contributed by atoms with E-state index in [-0.39, 0.29) is 5.91 Å². The van der Waals surface area contributed by atoms with Gasteiger partial charge in [-0.05, 0) is 55.9 Å². The molecule has 122 valence electrons. The van der Waals surface area contributed by atoms with Crippen molar-refractivity contribution in [3.8, 4) is 5.75 Å². The summed E-state index contributed by atoms with van der Waals surface area (Å²) in [5, 5.41) is 0. The van der Waals surface area contributed by atoms with Gasteiger partial charge in [0.25, 0.3) is 0 Å². The van der Waals surface area contributed by atoms with Crippen LogP contribution in [0.4, 0.5) is 0 Å². The summed E-state index contributed by atoms with van der Waals surface area (Å²) in [5.74, 6) is 1.51. The number of nitrogens with zero attached hydrogens (tertiary/aromatic N) is 1. The Bertz CT molecular complexity index is 479. The van der Waals surface area contributed by atoms with Crippen molar-refractivity contribution in [2.24, 2.45) is 5.92 Å². The van der Waals surface area contributed by atoms with Crippen LogP contribution < -0.4 is 4.74 Å². The molecule has 0 aliphatic carbocycles. The molecule has 0 aromatic heterocycles. The van der Waals surface area contributed by atoms with Gasteiger partial charge in [-0.1, -0.05) is 6.07 Å². The lowest BCUT2D eigenvalue weighted by molar-refractivity contribution is -0.133. The minimum atomic E-state index is 0.185. The second kappa shape index (κ2) is 8.18. The maximum atomic E-state index is 12.3. The first-order chi connectivity index (χ1) is 10.6. The number of benzene rings is 1. The summed E-state index contributed by atoms with van der Waals surface area (Å²) in [4.78, 5) is 14.2. The summed E-state index contributed by atoms with van der Waals surface area (Å²) in [5.41, 5.74) is 2.36. The maximum absolute atomic E-state index is 12.3. The van der Waals surface area contributed by atoms with Crippen LogP contribution >= 0.6 is 0 Å². The highest BCUT2D eigenvalue weighted by atomic mass is 16.5. The third kappa shape index (κ3) is 5.02. The zero-order valence-electron chi connectivity index (χ0n) is 13.9. The molecule has 1 amide bonds. The predicted molar refractivity (Wildman–Crippen MR) is 87.2 cm³/mol. The number of amides is 1. The first kappa shape index (κ1) is 16.8. The van der Waals surface area contributed by atoms with Crippen LogP contribution in [0, 0.1) is 19.8 Å². The third-order valence-electron chi connectivity index (χ3n) is 4.05. The maximum Gasteiger partial charge on any atom is 0.226 e. The molecule has 4 heteroatoms. The third-order valence-corrected chi connectivity index (χ3v) is 4.05. The molecular weight excluding hydrogens is 278 g/mol. The largest absolute Gasteiger partial charge is 0.493 e. The number of carbonyl (C=O) groups is 1. The smallest absolute Gasteiger partial charge is 0.226 e. The Morgan fingerprint density at radius 1 is 1.27 bits per heavy atom. The van der Waals surface area contributed by atoms with Gasteiger partial charge in [0.2, 0.25) is 5.91 Å². The number of piperidine rings is 1. The van der Waals surface area contributed by atoms with Gasteiger partial charge in [0, 0.05) is 20.2 Å². The van der Waals surface area contributed by atoms with Crippen LogP contribution in [0.5, 0.6) is 5.75 Å². The van der Waals surface area contributed by atoms with Gasteiger partial charge in [-0.3, -0.25) is 4.79 Å². The Kier molecular flexibility index (Phi) is 6.25. The van der Waals surface area contributed by atoms with Gasteiger partial charge >= 0.3 is 0 Å². The summed E-state index contributed by atoms with van der Waals surface area (Å²) in [7, 11) is 1.72. The van der Waals surface area contributed by atoms with Crippen molar-refractivity contribution in [1.82, 2.24) is 4.90 Å². The Morgan fingerprint density at radius 2 is 2.00 bits per heavy atom. The molecule has 1 fully saturated rings. The van der Waals surface area contributed by atoms with E-state index in [0.717, 1.165) is 38.3 Å². The molecule has 0 radical (unpaired) electrons. The molecule has 1 unspecified atom stereocenters. The summed E-state index contributed by atoms with van der Waals surface area (Å²) < 4.78 is 10.9. The molecule has 1 aliphatic heterocycles. The minimum Gasteiger partial charge on any atom is -0.493 e. The van der Waals surface area contributed by atoms with Crippen molar-refractivity contribution in [2.45, 2.75) is 33.1 Å². The number of carbonyl (C=O) groups excluding carboxylic acids is 1. The molecule has 0 spiro atoms. The topological polar surface area (TPSA) is 38.8 Å². The van der Waals surface area contributed by atoms with Gasteiger partial charge in [0.05, 0.1) is 19.6 Å². The molecule has 22 heavy (non-hydrogen) atoms. The molecule has 1 heterocycles. The molecule has 1 aromatic carbocycles. The van der Waals surface area contributed by atoms with Gasteiger partial charge in [-0.25, -0.2) is 0 Å². The fourth-order valence-corrected chi connectivity index (χ4v) is 3.09. The Labute approximate surface area is 133 Å². The fraction of sp³-hybridized carbons (Fsp3) is 0.611. The van der Waals surface area contributed by atoms with Crippen molar-refractivity contribution in [3.05, 3.63) is 29.3 Å². The van der Waals surface area contributed by atoms with E-state index in [0.29, 0.717) is 18.9 Å². The zero-order chi connectivity index (χ0) is 15.9. The lowest BCUT2D eigenvalue weighted by Crippen LogP contribution is -2.41. The van der Waals surface area contributed by atoms with E-state index in [4.69, 9.17) is 9.47 Å². The van der Waals surface area contributed by atoms with E-state index in [9.17, 15) is 4.79 Å². The zero-order valence-corrected chi connectivity index (χ0v) is 13.9. The Hall–Kier alpha value is -1.55. The number of rotatable bonds is 6. The monoisotopic (exact) mass is 305 g/mol. The van der Waals surface area contributed by atoms with Crippen LogP contribution in [-0.4, -0.2) is 44.2 Å². The van der Waals surface area contributed by atoms with E-state index in [1.54, 1.807) is 7.11 Å². The average Bonchev–Trinajstić information content (AvgIpc) is 2.47. The standard InChI is InChI=1S/C18H27NO3/c1-14-9-15(2)11-17(10-14)22-8-6-18(20)19-7-4-5-16(12-19)13-21-3/h9-11,16H,4-8,12-13H2,1-3H3. The quantitative estimate of drug-likeness (QED) is 0.811. The second-order valence-electron chi connectivity index (χ2n) is 6.23. The van der Waals surface area contributed by atoms with Gasteiger partial charge in [0.1, 0.15) is 5.75 Å². The van der Waals surface area contributed by atoms with Crippen LogP contribution in [-0.2, 0) is 9.53 Å². The first-order valence-electron chi connectivity index (χ1n) is 8.06. The highest BCUT2D eigenvalue weighted by Crippen LogP contribution is 2.19. The molecule has 2 rings (SSSR count). The molecule has 0 bridgehead atoms. The molecule has 0 saturated carbocycles. The molecule has 1 aromatic rings. The first-order valence-corrected chi connectivity index (χ1v) is 8.06. The number of aryl methyl sites for hydroxylation is 2. The highest BCUT2D eigenvalue weighted by Gasteiger charge is 2.23. The van der Waals surface area contributed by atoms with E-state index < -0.39 is 0 Å². The van der Waals surface area contributed by atoms with E-state index >= 15 is 0 Å². The van der Waals surface area contributed by atoms with Crippen LogP contribution in [0.1, 0.15) is 30.4 Å². The molecule has 1 aliphatic rings. The lowest BCUT2D eigenvalue weighted by Gasteiger charge is -2.32. The summed E-state index contributed by atoms with van der Waals surface area (Å²) >= 11 is 0. The number of likely N-dealkylation sites (tertiary alicyclic amines) is 1. The van der Waals surface area contributed by atoms with Crippen LogP contribution in [0.25, 0.3) is 0 Å². The Balaban J connectivity index is 1.77. The van der Waals surface area contributed by atoms with Gasteiger partial charge < -0.3 is 14.4 Å². The predicted octanol–water partition coefficient (Wildman–Crippen LogP) is 2.96. The van der Waals surface area contributed by atoms with Crippen molar-refractivity contribution in [3.63, 3.8) is 0 Å². The number of hydrogen-bond donors (Lipinski definition) is 0. The van der Waals surface area contributed by atoms with Gasteiger partial charge in [-0.15, -0.1) is 0 Å². The number of ether oxygens (including phenoxy) is 2. The van der Waals surface area contributed by atoms with E-state index in [1.807, 2.05) is 17.0 Å². The minimum absolute atomic E-state index is 0.185. The summed E-state index contributed by atoms with van der Waals surface area (Å²) in [6.45, 7) is 6.96. The molecule has 1 atom stereocenters. The summed E-state index contributed by atoms with van der Waals surface area (Å²) in [6.07, 6.45) is 2.65. The highest BCUT2D eigenvalue weighted by molar-refractivity contribution is 5.76. The number of methoxy groups -OCH3 is 1. The van der Waals surface area contributed by atoms with Crippen molar-refractivity contribution in [2.75, 3.05) is 33.4 Å². The lowest BCUT2D eigenvalue weighted by atomic mass is 9.99. The normalized spacial score (nSPS) is 18.3. The molecule has 0 N–H and O–H groups in total. The summed E-state index contributed by atoms with van der Waals surface area (Å²) in [6, 6.07) is 6.13. The van der Waals surface area contributed by atoms with E-state index in [2.05, 4.69) is 19.9 Å². The van der Waals surface area contributed by atoms with Crippen LogP contribution in [0.2, 0.25) is 0 Å². The SMILES string of the molecule is COCC1CCCN(C(=O)CCOc2cc(C)cc(C)c2)C1. The number of hydrogen-bond acceptors (Lipinski definition) is 3. The fourth-order valence-electron chi connectivity index (χ4n) is 3.09. The molecule has 4 nitrogen and oxygen atoms in total.